The van der Waals surface area contributed by atoms with E-state index < -0.39 is 11.9 Å². The first-order chi connectivity index (χ1) is 7.06. The van der Waals surface area contributed by atoms with E-state index in [4.69, 9.17) is 11.5 Å². The van der Waals surface area contributed by atoms with Gasteiger partial charge in [-0.2, -0.15) is 5.10 Å². The molecular weight excluding hydrogens is 192 g/mol. The third kappa shape index (κ3) is 2.79. The van der Waals surface area contributed by atoms with Crippen molar-refractivity contribution < 1.29 is 4.79 Å². The minimum Gasteiger partial charge on any atom is -0.368 e. The maximum atomic E-state index is 10.9. The Balaban J connectivity index is 2.73. The van der Waals surface area contributed by atoms with Crippen LogP contribution in [0.5, 0.6) is 0 Å². The summed E-state index contributed by atoms with van der Waals surface area (Å²) < 4.78 is 1.69. The van der Waals surface area contributed by atoms with Crippen molar-refractivity contribution in [3.63, 3.8) is 0 Å². The van der Waals surface area contributed by atoms with Gasteiger partial charge < -0.3 is 11.5 Å². The molecule has 1 heterocycles. The number of rotatable bonds is 5. The SMILES string of the molecule is CCCc1cnn(C(C)C(N)C(N)=O)c1. The Labute approximate surface area is 89.4 Å². The van der Waals surface area contributed by atoms with Crippen LogP contribution in [0.3, 0.4) is 0 Å². The summed E-state index contributed by atoms with van der Waals surface area (Å²) in [6.07, 6.45) is 5.77. The average Bonchev–Trinajstić information content (AvgIpc) is 2.64. The molecule has 0 radical (unpaired) electrons. The van der Waals surface area contributed by atoms with Gasteiger partial charge in [-0.25, -0.2) is 0 Å². The van der Waals surface area contributed by atoms with Crippen molar-refractivity contribution in [2.45, 2.75) is 38.8 Å². The Hall–Kier alpha value is -1.36. The van der Waals surface area contributed by atoms with Crippen LogP contribution < -0.4 is 11.5 Å². The maximum Gasteiger partial charge on any atom is 0.236 e. The summed E-state index contributed by atoms with van der Waals surface area (Å²) in [4.78, 5) is 10.9. The first-order valence-corrected chi connectivity index (χ1v) is 5.14. The lowest BCUT2D eigenvalue weighted by molar-refractivity contribution is -0.120. The van der Waals surface area contributed by atoms with Gasteiger partial charge in [0.15, 0.2) is 0 Å². The number of hydrogen-bond acceptors (Lipinski definition) is 3. The molecule has 0 bridgehead atoms. The zero-order valence-corrected chi connectivity index (χ0v) is 9.18. The number of amides is 1. The summed E-state index contributed by atoms with van der Waals surface area (Å²) in [5, 5.41) is 4.17. The van der Waals surface area contributed by atoms with Crippen molar-refractivity contribution in [2.24, 2.45) is 11.5 Å². The van der Waals surface area contributed by atoms with Gasteiger partial charge in [-0.15, -0.1) is 0 Å². The van der Waals surface area contributed by atoms with Crippen LogP contribution in [0.2, 0.25) is 0 Å². The van der Waals surface area contributed by atoms with E-state index in [9.17, 15) is 4.79 Å². The maximum absolute atomic E-state index is 10.9. The van der Waals surface area contributed by atoms with Gasteiger partial charge in [-0.05, 0) is 18.9 Å². The van der Waals surface area contributed by atoms with Crippen molar-refractivity contribution in [3.05, 3.63) is 18.0 Å². The number of primary amides is 1. The van der Waals surface area contributed by atoms with Gasteiger partial charge in [-0.3, -0.25) is 9.48 Å². The van der Waals surface area contributed by atoms with E-state index in [-0.39, 0.29) is 6.04 Å². The Morgan fingerprint density at radius 2 is 2.33 bits per heavy atom. The zero-order chi connectivity index (χ0) is 11.4. The Morgan fingerprint density at radius 1 is 1.67 bits per heavy atom. The highest BCUT2D eigenvalue weighted by Crippen LogP contribution is 2.10. The van der Waals surface area contributed by atoms with Gasteiger partial charge >= 0.3 is 0 Å². The average molecular weight is 210 g/mol. The number of aryl methyl sites for hydroxylation is 1. The molecule has 4 N–H and O–H groups in total. The van der Waals surface area contributed by atoms with Crippen LogP contribution in [-0.4, -0.2) is 21.7 Å². The van der Waals surface area contributed by atoms with Crippen molar-refractivity contribution in [1.29, 1.82) is 0 Å². The molecule has 0 spiro atoms. The number of hydrogen-bond donors (Lipinski definition) is 2. The van der Waals surface area contributed by atoms with E-state index in [0.717, 1.165) is 18.4 Å². The molecule has 2 atom stereocenters. The van der Waals surface area contributed by atoms with Crippen LogP contribution >= 0.6 is 0 Å². The van der Waals surface area contributed by atoms with E-state index in [0.29, 0.717) is 0 Å². The second kappa shape index (κ2) is 4.93. The van der Waals surface area contributed by atoms with E-state index >= 15 is 0 Å². The van der Waals surface area contributed by atoms with Crippen LogP contribution in [0.25, 0.3) is 0 Å². The highest BCUT2D eigenvalue weighted by Gasteiger charge is 2.20. The van der Waals surface area contributed by atoms with Gasteiger partial charge in [-0.1, -0.05) is 13.3 Å². The quantitative estimate of drug-likeness (QED) is 0.728. The molecule has 15 heavy (non-hydrogen) atoms. The van der Waals surface area contributed by atoms with Crippen molar-refractivity contribution in [1.82, 2.24) is 9.78 Å². The summed E-state index contributed by atoms with van der Waals surface area (Å²) in [6, 6.07) is -0.896. The first-order valence-electron chi connectivity index (χ1n) is 5.14. The Kier molecular flexibility index (Phi) is 3.85. The first kappa shape index (κ1) is 11.7. The molecule has 0 saturated heterocycles. The number of nitrogens with zero attached hydrogens (tertiary/aromatic N) is 2. The third-order valence-electron chi connectivity index (χ3n) is 2.46. The van der Waals surface area contributed by atoms with Gasteiger partial charge in [0.2, 0.25) is 5.91 Å². The predicted molar refractivity (Wildman–Crippen MR) is 58.1 cm³/mol. The molecular formula is C10H18N4O. The molecule has 0 aliphatic carbocycles. The zero-order valence-electron chi connectivity index (χ0n) is 9.18. The molecule has 0 aliphatic heterocycles. The largest absolute Gasteiger partial charge is 0.368 e. The highest BCUT2D eigenvalue weighted by molar-refractivity contribution is 5.80. The summed E-state index contributed by atoms with van der Waals surface area (Å²) in [5.41, 5.74) is 11.9. The smallest absolute Gasteiger partial charge is 0.236 e. The van der Waals surface area contributed by atoms with Crippen molar-refractivity contribution in [3.8, 4) is 0 Å². The molecule has 84 valence electrons. The fraction of sp³-hybridized carbons (Fsp3) is 0.600. The third-order valence-corrected chi connectivity index (χ3v) is 2.46. The monoisotopic (exact) mass is 210 g/mol. The molecule has 1 rings (SSSR count). The molecule has 1 amide bonds. The van der Waals surface area contributed by atoms with Crippen molar-refractivity contribution in [2.75, 3.05) is 0 Å². The van der Waals surface area contributed by atoms with Crippen LogP contribution in [-0.2, 0) is 11.2 Å². The molecule has 1 aromatic rings. The normalized spacial score (nSPS) is 14.9. The summed E-state index contributed by atoms with van der Waals surface area (Å²) >= 11 is 0. The lowest BCUT2D eigenvalue weighted by atomic mass is 10.1. The van der Waals surface area contributed by atoms with Crippen LogP contribution in [0.15, 0.2) is 12.4 Å². The van der Waals surface area contributed by atoms with Crippen LogP contribution in [0, 0.1) is 0 Å². The van der Waals surface area contributed by atoms with Gasteiger partial charge in [0.1, 0.15) is 6.04 Å². The fourth-order valence-corrected chi connectivity index (χ4v) is 1.42. The molecule has 0 aliphatic rings. The molecule has 0 fully saturated rings. The Bertz CT molecular complexity index is 334. The van der Waals surface area contributed by atoms with Gasteiger partial charge in [0.25, 0.3) is 0 Å². The standard InChI is InChI=1S/C10H18N4O/c1-3-4-8-5-13-14(6-8)7(2)9(11)10(12)15/h5-7,9H,3-4,11H2,1-2H3,(H2,12,15). The number of nitrogens with two attached hydrogens (primary N) is 2. The minimum absolute atomic E-state index is 0.201. The number of carbonyl (C=O) groups is 1. The van der Waals surface area contributed by atoms with Crippen LogP contribution in [0.4, 0.5) is 0 Å². The second-order valence-electron chi connectivity index (χ2n) is 3.75. The van der Waals surface area contributed by atoms with Crippen LogP contribution in [0.1, 0.15) is 31.9 Å². The molecule has 5 heteroatoms. The number of aromatic nitrogens is 2. The van der Waals surface area contributed by atoms with E-state index in [1.807, 2.05) is 13.1 Å². The van der Waals surface area contributed by atoms with E-state index in [2.05, 4.69) is 12.0 Å². The molecule has 5 nitrogen and oxygen atoms in total. The summed E-state index contributed by atoms with van der Waals surface area (Å²) in [7, 11) is 0. The predicted octanol–water partition coefficient (Wildman–Crippen LogP) is 0.209. The minimum atomic E-state index is -0.695. The highest BCUT2D eigenvalue weighted by atomic mass is 16.1. The lowest BCUT2D eigenvalue weighted by Gasteiger charge is -2.16. The van der Waals surface area contributed by atoms with E-state index in [1.54, 1.807) is 10.9 Å². The lowest BCUT2D eigenvalue weighted by Crippen LogP contribution is -2.42. The molecule has 2 unspecified atom stereocenters. The molecule has 0 aromatic carbocycles. The number of carbonyl (C=O) groups excluding carboxylic acids is 1. The summed E-state index contributed by atoms with van der Waals surface area (Å²) in [5.74, 6) is -0.505. The van der Waals surface area contributed by atoms with Crippen molar-refractivity contribution >= 4 is 5.91 Å². The summed E-state index contributed by atoms with van der Waals surface area (Å²) in [6.45, 7) is 3.94. The topological polar surface area (TPSA) is 86.9 Å². The van der Waals surface area contributed by atoms with Gasteiger partial charge in [0.05, 0.1) is 12.2 Å². The molecule has 1 aromatic heterocycles. The van der Waals surface area contributed by atoms with Gasteiger partial charge in [0, 0.05) is 6.20 Å². The fourth-order valence-electron chi connectivity index (χ4n) is 1.42. The second-order valence-corrected chi connectivity index (χ2v) is 3.75. The Morgan fingerprint density at radius 3 is 2.87 bits per heavy atom. The van der Waals surface area contributed by atoms with E-state index in [1.165, 1.54) is 0 Å². The molecule has 0 saturated carbocycles.